The van der Waals surface area contributed by atoms with E-state index in [9.17, 15) is 9.18 Å². The molecule has 1 aliphatic heterocycles. The lowest BCUT2D eigenvalue weighted by molar-refractivity contribution is 0.1000. The second-order valence-electron chi connectivity index (χ2n) is 5.34. The maximum Gasteiger partial charge on any atom is 0.196 e. The molecule has 24 heavy (non-hydrogen) atoms. The van der Waals surface area contributed by atoms with Crippen molar-refractivity contribution in [3.63, 3.8) is 0 Å². The van der Waals surface area contributed by atoms with Crippen molar-refractivity contribution in [1.29, 1.82) is 0 Å². The number of hydrogen-bond acceptors (Lipinski definition) is 4. The Labute approximate surface area is 139 Å². The van der Waals surface area contributed by atoms with Gasteiger partial charge < -0.3 is 14.2 Å². The van der Waals surface area contributed by atoms with Gasteiger partial charge in [0.15, 0.2) is 5.78 Å². The van der Waals surface area contributed by atoms with E-state index in [4.69, 9.17) is 14.2 Å². The lowest BCUT2D eigenvalue weighted by Gasteiger charge is -2.18. The van der Waals surface area contributed by atoms with Crippen LogP contribution in [0.5, 0.6) is 11.5 Å². The van der Waals surface area contributed by atoms with Gasteiger partial charge >= 0.3 is 0 Å². The molecule has 0 spiro atoms. The van der Waals surface area contributed by atoms with E-state index in [1.165, 1.54) is 18.2 Å². The van der Waals surface area contributed by atoms with Crippen LogP contribution < -0.4 is 9.47 Å². The van der Waals surface area contributed by atoms with Gasteiger partial charge in [-0.1, -0.05) is 12.1 Å². The maximum atomic E-state index is 13.3. The first kappa shape index (κ1) is 16.2. The standard InChI is InChI=1S/C19H17FO4/c1-22-8-9-23-16-5-2-13(3-6-16)10-14-12-24-18-7-4-15(20)11-17(18)19(14)21/h2-7,10-11H,8-9,12H2,1H3/b14-10-. The van der Waals surface area contributed by atoms with Crippen molar-refractivity contribution in [1.82, 2.24) is 0 Å². The zero-order valence-electron chi connectivity index (χ0n) is 13.3. The predicted octanol–water partition coefficient (Wildman–Crippen LogP) is 3.51. The third kappa shape index (κ3) is 3.63. The number of ether oxygens (including phenoxy) is 3. The summed E-state index contributed by atoms with van der Waals surface area (Å²) >= 11 is 0. The van der Waals surface area contributed by atoms with Gasteiger partial charge in [-0.25, -0.2) is 4.39 Å². The van der Waals surface area contributed by atoms with Crippen LogP contribution >= 0.6 is 0 Å². The van der Waals surface area contributed by atoms with E-state index in [0.717, 1.165) is 11.3 Å². The van der Waals surface area contributed by atoms with Crippen LogP contribution in [0.2, 0.25) is 0 Å². The zero-order chi connectivity index (χ0) is 16.9. The molecule has 2 aromatic carbocycles. The molecular weight excluding hydrogens is 311 g/mol. The van der Waals surface area contributed by atoms with Crippen LogP contribution in [-0.4, -0.2) is 32.7 Å². The molecule has 3 rings (SSSR count). The van der Waals surface area contributed by atoms with E-state index >= 15 is 0 Å². The molecule has 0 atom stereocenters. The van der Waals surface area contributed by atoms with Crippen LogP contribution in [0, 0.1) is 5.82 Å². The third-order valence-electron chi connectivity index (χ3n) is 3.64. The van der Waals surface area contributed by atoms with E-state index in [1.807, 2.05) is 24.3 Å². The summed E-state index contributed by atoms with van der Waals surface area (Å²) < 4.78 is 29.3. The Morgan fingerprint density at radius 1 is 1.17 bits per heavy atom. The van der Waals surface area contributed by atoms with Gasteiger partial charge in [0, 0.05) is 12.7 Å². The molecule has 0 N–H and O–H groups in total. The van der Waals surface area contributed by atoms with Crippen LogP contribution in [0.1, 0.15) is 15.9 Å². The highest BCUT2D eigenvalue weighted by Crippen LogP contribution is 2.28. The van der Waals surface area contributed by atoms with E-state index in [0.29, 0.717) is 24.5 Å². The molecule has 0 amide bonds. The second kappa shape index (κ2) is 7.27. The van der Waals surface area contributed by atoms with Gasteiger partial charge in [-0.15, -0.1) is 0 Å². The number of methoxy groups -OCH3 is 1. The Hall–Kier alpha value is -2.66. The number of fused-ring (bicyclic) bond motifs is 1. The van der Waals surface area contributed by atoms with Crippen LogP contribution in [0.3, 0.4) is 0 Å². The summed E-state index contributed by atoms with van der Waals surface area (Å²) in [6.07, 6.45) is 1.75. The first-order valence-corrected chi connectivity index (χ1v) is 7.57. The van der Waals surface area contributed by atoms with Crippen LogP contribution in [-0.2, 0) is 4.74 Å². The number of rotatable bonds is 5. The monoisotopic (exact) mass is 328 g/mol. The number of Topliss-reactive ketones (excluding diaryl/α,β-unsaturated/α-hetero) is 1. The molecule has 124 valence electrons. The molecular formula is C19H17FO4. The fourth-order valence-corrected chi connectivity index (χ4v) is 2.41. The van der Waals surface area contributed by atoms with Gasteiger partial charge in [-0.3, -0.25) is 4.79 Å². The fraction of sp³-hybridized carbons (Fsp3) is 0.211. The van der Waals surface area contributed by atoms with E-state index in [1.54, 1.807) is 13.2 Å². The maximum absolute atomic E-state index is 13.3. The molecule has 0 saturated carbocycles. The molecule has 0 aromatic heterocycles. The van der Waals surface area contributed by atoms with Gasteiger partial charge in [0.2, 0.25) is 0 Å². The molecule has 0 bridgehead atoms. The van der Waals surface area contributed by atoms with Gasteiger partial charge in [0.25, 0.3) is 0 Å². The molecule has 5 heteroatoms. The van der Waals surface area contributed by atoms with E-state index in [-0.39, 0.29) is 18.0 Å². The predicted molar refractivity (Wildman–Crippen MR) is 88.0 cm³/mol. The largest absolute Gasteiger partial charge is 0.491 e. The van der Waals surface area contributed by atoms with Crippen LogP contribution in [0.25, 0.3) is 6.08 Å². The quantitative estimate of drug-likeness (QED) is 0.622. The highest BCUT2D eigenvalue weighted by Gasteiger charge is 2.23. The van der Waals surface area contributed by atoms with Crippen molar-refractivity contribution in [3.8, 4) is 11.5 Å². The lowest BCUT2D eigenvalue weighted by Crippen LogP contribution is -2.19. The Morgan fingerprint density at radius 3 is 2.71 bits per heavy atom. The van der Waals surface area contributed by atoms with E-state index < -0.39 is 5.82 Å². The van der Waals surface area contributed by atoms with Gasteiger partial charge in [-0.05, 0) is 42.0 Å². The number of hydrogen-bond donors (Lipinski definition) is 0. The molecule has 1 heterocycles. The first-order valence-electron chi connectivity index (χ1n) is 7.57. The highest BCUT2D eigenvalue weighted by atomic mass is 19.1. The summed E-state index contributed by atoms with van der Waals surface area (Å²) in [5.41, 5.74) is 1.59. The number of carbonyl (C=O) groups is 1. The SMILES string of the molecule is COCCOc1ccc(/C=C2/COc3ccc(F)cc3C2=O)cc1. The van der Waals surface area contributed by atoms with Crippen molar-refractivity contribution >= 4 is 11.9 Å². The molecule has 0 fully saturated rings. The fourth-order valence-electron chi connectivity index (χ4n) is 2.41. The average Bonchev–Trinajstić information content (AvgIpc) is 2.59. The number of halogens is 1. The summed E-state index contributed by atoms with van der Waals surface area (Å²) in [5, 5.41) is 0. The molecule has 2 aromatic rings. The van der Waals surface area contributed by atoms with Crippen LogP contribution in [0.15, 0.2) is 48.0 Å². The molecule has 4 nitrogen and oxygen atoms in total. The molecule has 0 radical (unpaired) electrons. The third-order valence-corrected chi connectivity index (χ3v) is 3.64. The smallest absolute Gasteiger partial charge is 0.196 e. The Balaban J connectivity index is 1.76. The molecule has 1 aliphatic rings. The molecule has 0 saturated heterocycles. The number of benzene rings is 2. The van der Waals surface area contributed by atoms with Crippen molar-refractivity contribution < 1.29 is 23.4 Å². The Morgan fingerprint density at radius 2 is 1.96 bits per heavy atom. The Bertz CT molecular complexity index is 765. The first-order chi connectivity index (χ1) is 11.7. The normalized spacial score (nSPS) is 15.1. The van der Waals surface area contributed by atoms with Crippen molar-refractivity contribution in [3.05, 3.63) is 65.0 Å². The second-order valence-corrected chi connectivity index (χ2v) is 5.34. The summed E-state index contributed by atoms with van der Waals surface area (Å²) in [5.74, 6) is 0.481. The molecule has 0 aliphatic carbocycles. The molecule has 0 unspecified atom stereocenters. The van der Waals surface area contributed by atoms with Crippen LogP contribution in [0.4, 0.5) is 4.39 Å². The van der Waals surface area contributed by atoms with Gasteiger partial charge in [-0.2, -0.15) is 0 Å². The topological polar surface area (TPSA) is 44.8 Å². The summed E-state index contributed by atoms with van der Waals surface area (Å²) in [7, 11) is 1.62. The summed E-state index contributed by atoms with van der Waals surface area (Å²) in [6, 6.07) is 11.3. The van der Waals surface area contributed by atoms with Crippen molar-refractivity contribution in [2.45, 2.75) is 0 Å². The highest BCUT2D eigenvalue weighted by molar-refractivity contribution is 6.14. The zero-order valence-corrected chi connectivity index (χ0v) is 13.3. The van der Waals surface area contributed by atoms with Crippen molar-refractivity contribution in [2.24, 2.45) is 0 Å². The van der Waals surface area contributed by atoms with Crippen molar-refractivity contribution in [2.75, 3.05) is 26.9 Å². The minimum atomic E-state index is -0.454. The minimum absolute atomic E-state index is 0.170. The van der Waals surface area contributed by atoms with Gasteiger partial charge in [0.1, 0.15) is 30.5 Å². The average molecular weight is 328 g/mol. The summed E-state index contributed by atoms with van der Waals surface area (Å²) in [6.45, 7) is 1.17. The summed E-state index contributed by atoms with van der Waals surface area (Å²) in [4.78, 5) is 12.5. The minimum Gasteiger partial charge on any atom is -0.491 e. The Kier molecular flexibility index (Phi) is 4.91. The number of carbonyl (C=O) groups excluding carboxylic acids is 1. The number of ketones is 1. The van der Waals surface area contributed by atoms with E-state index in [2.05, 4.69) is 0 Å². The lowest BCUT2D eigenvalue weighted by atomic mass is 9.98. The van der Waals surface area contributed by atoms with Gasteiger partial charge in [0.05, 0.1) is 12.2 Å².